The van der Waals surface area contributed by atoms with E-state index in [4.69, 9.17) is 29.0 Å². The highest BCUT2D eigenvalue weighted by Gasteiger charge is 2.35. The van der Waals surface area contributed by atoms with Crippen molar-refractivity contribution in [1.29, 1.82) is 0 Å². The van der Waals surface area contributed by atoms with E-state index in [0.29, 0.717) is 17.9 Å². The summed E-state index contributed by atoms with van der Waals surface area (Å²) in [6.07, 6.45) is 3.54. The highest BCUT2D eigenvalue weighted by atomic mass is 16.5. The molecular formula is C26H37N3O7. The number of carboxylic acid groups (broad SMARTS) is 2. The van der Waals surface area contributed by atoms with Crippen molar-refractivity contribution < 1.29 is 29.0 Å². The van der Waals surface area contributed by atoms with Gasteiger partial charge in [-0.15, -0.1) is 0 Å². The molecule has 0 radical (unpaired) electrons. The molecule has 2 saturated heterocycles. The lowest BCUT2D eigenvalue weighted by molar-refractivity contribution is -0.123. The van der Waals surface area contributed by atoms with Crippen LogP contribution in [0.4, 0.5) is 0 Å². The zero-order valence-corrected chi connectivity index (χ0v) is 21.0. The molecule has 5 heterocycles. The molecule has 3 atom stereocenters. The molecule has 198 valence electrons. The molecule has 2 aromatic rings. The fraction of sp³-hybridized carbons (Fsp3) is 0.577. The molecule has 10 nitrogen and oxygen atoms in total. The van der Waals surface area contributed by atoms with Gasteiger partial charge in [0.15, 0.2) is 0 Å². The Kier molecular flexibility index (Phi) is 10.3. The van der Waals surface area contributed by atoms with Gasteiger partial charge in [-0.2, -0.15) is 0 Å². The third-order valence-corrected chi connectivity index (χ3v) is 7.17. The number of aromatic nitrogens is 1. The number of ether oxygens (including phenoxy) is 1. The minimum absolute atomic E-state index is 0.223. The Morgan fingerprint density at radius 1 is 1.08 bits per heavy atom. The first-order valence-electron chi connectivity index (χ1n) is 12.3. The van der Waals surface area contributed by atoms with Crippen LogP contribution in [0, 0.1) is 12.8 Å². The van der Waals surface area contributed by atoms with E-state index in [1.54, 1.807) is 7.11 Å². The maximum atomic E-state index is 13.3. The van der Waals surface area contributed by atoms with Crippen LogP contribution >= 0.6 is 0 Å². The molecule has 0 unspecified atom stereocenters. The maximum absolute atomic E-state index is 13.3. The fourth-order valence-electron chi connectivity index (χ4n) is 5.83. The molecule has 2 N–H and O–H groups in total. The van der Waals surface area contributed by atoms with Gasteiger partial charge in [-0.3, -0.25) is 24.2 Å². The molecule has 10 heteroatoms. The number of aryl methyl sites for hydroxylation is 1. The summed E-state index contributed by atoms with van der Waals surface area (Å²) in [7, 11) is 1.76. The lowest BCUT2D eigenvalue weighted by atomic mass is 9.83. The first kappa shape index (κ1) is 27.6. The first-order chi connectivity index (χ1) is 17.4. The summed E-state index contributed by atoms with van der Waals surface area (Å²) < 4.78 is 13.3. The number of pyridine rings is 1. The molecule has 3 aliphatic heterocycles. The standard InChI is InChI=1S/C24H33N3O3.2CH2O2/c1-17-5-7-22(30-17)15-25-11-18-10-20(13-25)23-8-6-19(24(28)27(23)12-18)14-26-9-3-4-21(26)16-29-2;2*2-1-3/h5-8,18,20-21H,3-4,9-16H2,1-2H3;2*1H,(H,2,3)/t18-,20+,21-;;/m0../s1. The molecule has 36 heavy (non-hydrogen) atoms. The predicted octanol–water partition coefficient (Wildman–Crippen LogP) is 2.38. The third kappa shape index (κ3) is 6.83. The lowest BCUT2D eigenvalue weighted by Crippen LogP contribution is -2.47. The highest BCUT2D eigenvalue weighted by molar-refractivity contribution is 5.33. The molecular weight excluding hydrogens is 466 g/mol. The van der Waals surface area contributed by atoms with Crippen LogP contribution in [0.2, 0.25) is 0 Å². The van der Waals surface area contributed by atoms with Crippen LogP contribution in [-0.4, -0.2) is 76.9 Å². The van der Waals surface area contributed by atoms with Crippen molar-refractivity contribution in [3.05, 3.63) is 57.4 Å². The Labute approximate surface area is 211 Å². The van der Waals surface area contributed by atoms with Gasteiger partial charge in [0.25, 0.3) is 18.5 Å². The first-order valence-corrected chi connectivity index (χ1v) is 12.3. The van der Waals surface area contributed by atoms with Crippen molar-refractivity contribution in [2.75, 3.05) is 33.4 Å². The number of rotatable bonds is 6. The molecule has 2 bridgehead atoms. The molecule has 5 rings (SSSR count). The fourth-order valence-corrected chi connectivity index (χ4v) is 5.83. The van der Waals surface area contributed by atoms with Crippen molar-refractivity contribution >= 4 is 12.9 Å². The number of hydrogen-bond acceptors (Lipinski definition) is 7. The van der Waals surface area contributed by atoms with E-state index >= 15 is 0 Å². The normalized spacial score (nSPS) is 23.0. The average molecular weight is 504 g/mol. The largest absolute Gasteiger partial charge is 0.483 e. The Morgan fingerprint density at radius 3 is 2.50 bits per heavy atom. The summed E-state index contributed by atoms with van der Waals surface area (Å²) >= 11 is 0. The van der Waals surface area contributed by atoms with Crippen LogP contribution in [-0.2, 0) is 34.0 Å². The minimum atomic E-state index is -0.250. The van der Waals surface area contributed by atoms with E-state index < -0.39 is 0 Å². The second-order valence-electron chi connectivity index (χ2n) is 9.64. The summed E-state index contributed by atoms with van der Waals surface area (Å²) in [6, 6.07) is 8.87. The van der Waals surface area contributed by atoms with Gasteiger partial charge in [0, 0.05) is 56.5 Å². The van der Waals surface area contributed by atoms with Gasteiger partial charge in [-0.25, -0.2) is 0 Å². The molecule has 0 aromatic carbocycles. The minimum Gasteiger partial charge on any atom is -0.483 e. The van der Waals surface area contributed by atoms with Crippen LogP contribution in [0.3, 0.4) is 0 Å². The van der Waals surface area contributed by atoms with Crippen molar-refractivity contribution in [3.63, 3.8) is 0 Å². The second-order valence-corrected chi connectivity index (χ2v) is 9.64. The molecule has 0 saturated carbocycles. The van der Waals surface area contributed by atoms with Crippen molar-refractivity contribution in [3.8, 4) is 0 Å². The van der Waals surface area contributed by atoms with E-state index in [0.717, 1.165) is 69.4 Å². The van der Waals surface area contributed by atoms with Crippen LogP contribution in [0.25, 0.3) is 0 Å². The monoisotopic (exact) mass is 503 g/mol. The van der Waals surface area contributed by atoms with E-state index in [-0.39, 0.29) is 18.5 Å². The van der Waals surface area contributed by atoms with Gasteiger partial charge in [-0.05, 0) is 56.8 Å². The van der Waals surface area contributed by atoms with Gasteiger partial charge < -0.3 is 23.9 Å². The number of carbonyl (C=O) groups is 2. The number of fused-ring (bicyclic) bond motifs is 4. The molecule has 0 aliphatic carbocycles. The van der Waals surface area contributed by atoms with Crippen LogP contribution in [0.1, 0.15) is 48.0 Å². The number of hydrogen-bond donors (Lipinski definition) is 2. The molecule has 2 aromatic heterocycles. The number of nitrogens with zero attached hydrogens (tertiary/aromatic N) is 3. The summed E-state index contributed by atoms with van der Waals surface area (Å²) in [4.78, 5) is 35.0. The van der Waals surface area contributed by atoms with Crippen LogP contribution in [0.5, 0.6) is 0 Å². The highest BCUT2D eigenvalue weighted by Crippen LogP contribution is 2.36. The maximum Gasteiger partial charge on any atom is 0.290 e. The summed E-state index contributed by atoms with van der Waals surface area (Å²) in [6.45, 7) is 7.78. The van der Waals surface area contributed by atoms with Gasteiger partial charge in [0.05, 0.1) is 13.2 Å². The van der Waals surface area contributed by atoms with Crippen molar-refractivity contribution in [2.24, 2.45) is 5.92 Å². The molecule has 2 fully saturated rings. The Balaban J connectivity index is 0.000000550. The topological polar surface area (TPSA) is 125 Å². The van der Waals surface area contributed by atoms with Gasteiger partial charge in [0.1, 0.15) is 11.5 Å². The molecule has 0 spiro atoms. The van der Waals surface area contributed by atoms with E-state index in [1.807, 2.05) is 13.0 Å². The third-order valence-electron chi connectivity index (χ3n) is 7.17. The number of furan rings is 1. The smallest absolute Gasteiger partial charge is 0.290 e. The van der Waals surface area contributed by atoms with E-state index in [1.165, 1.54) is 18.5 Å². The van der Waals surface area contributed by atoms with Gasteiger partial charge in [-0.1, -0.05) is 6.07 Å². The Bertz CT molecular complexity index is 1040. The average Bonchev–Trinajstić information content (AvgIpc) is 3.45. The van der Waals surface area contributed by atoms with E-state index in [9.17, 15) is 4.79 Å². The second kappa shape index (κ2) is 13.4. The number of piperidine rings is 1. The zero-order chi connectivity index (χ0) is 26.1. The quantitative estimate of drug-likeness (QED) is 0.572. The SMILES string of the molecule is COC[C@@H]1CCCN1Cc1ccc2n(c1=O)C[C@H]1C[C@@H]2CN(Cc2ccc(C)o2)C1.O=CO.O=CO. The summed E-state index contributed by atoms with van der Waals surface area (Å²) in [5, 5.41) is 13.8. The summed E-state index contributed by atoms with van der Waals surface area (Å²) in [5.41, 5.74) is 2.38. The predicted molar refractivity (Wildman–Crippen MR) is 133 cm³/mol. The van der Waals surface area contributed by atoms with Crippen LogP contribution in [0.15, 0.2) is 33.5 Å². The van der Waals surface area contributed by atoms with Crippen molar-refractivity contribution in [2.45, 2.75) is 57.8 Å². The zero-order valence-electron chi connectivity index (χ0n) is 21.0. The summed E-state index contributed by atoms with van der Waals surface area (Å²) in [5.74, 6) is 2.98. The Hall–Kier alpha value is -2.95. The number of methoxy groups -OCH3 is 1. The molecule has 3 aliphatic rings. The van der Waals surface area contributed by atoms with Gasteiger partial charge >= 0.3 is 0 Å². The lowest BCUT2D eigenvalue weighted by Gasteiger charge is -2.42. The molecule has 0 amide bonds. The Morgan fingerprint density at radius 2 is 1.83 bits per heavy atom. The number of likely N-dealkylation sites (tertiary alicyclic amines) is 2. The van der Waals surface area contributed by atoms with Crippen molar-refractivity contribution in [1.82, 2.24) is 14.4 Å². The van der Waals surface area contributed by atoms with Crippen LogP contribution < -0.4 is 5.56 Å². The van der Waals surface area contributed by atoms with E-state index in [2.05, 4.69) is 32.6 Å². The van der Waals surface area contributed by atoms with Gasteiger partial charge in [0.2, 0.25) is 0 Å².